The molecule has 62 heavy (non-hydrogen) atoms. The lowest BCUT2D eigenvalue weighted by Gasteiger charge is -2.49. The summed E-state index contributed by atoms with van der Waals surface area (Å²) in [5.41, 5.74) is 0.282. The van der Waals surface area contributed by atoms with Gasteiger partial charge in [0, 0.05) is 48.5 Å². The largest absolute Gasteiger partial charge is 0.507 e. The van der Waals surface area contributed by atoms with Crippen LogP contribution in [0.15, 0.2) is 129 Å². The molecule has 1 aliphatic carbocycles. The third-order valence-electron chi connectivity index (χ3n) is 13.0. The molecule has 2 amide bonds. The molecule has 2 fully saturated rings. The Kier molecular flexibility index (Phi) is 9.10. The highest BCUT2D eigenvalue weighted by Crippen LogP contribution is 2.63. The summed E-state index contributed by atoms with van der Waals surface area (Å²) in [7, 11) is 4.61. The lowest BCUT2D eigenvalue weighted by molar-refractivity contribution is -0.124. The average molecular weight is 851 g/mol. The Labute approximate surface area is 358 Å². The van der Waals surface area contributed by atoms with Crippen molar-refractivity contribution in [1.82, 2.24) is 23.5 Å². The predicted octanol–water partition coefficient (Wildman–Crippen LogP) is 5.63. The van der Waals surface area contributed by atoms with E-state index in [1.807, 2.05) is 54.6 Å². The van der Waals surface area contributed by atoms with E-state index in [0.29, 0.717) is 60.7 Å². The molecule has 3 aliphatic rings. The molecule has 7 aromatic rings. The molecule has 10 rings (SSSR count). The first kappa shape index (κ1) is 39.0. The number of aryl methyl sites for hydroxylation is 2. The van der Waals surface area contributed by atoms with E-state index in [1.165, 1.54) is 33.1 Å². The first-order chi connectivity index (χ1) is 30.0. The second-order valence-corrected chi connectivity index (χ2v) is 16.3. The fourth-order valence-corrected chi connectivity index (χ4v) is 10.4. The number of nitrogens with zero attached hydrogens (tertiary/aromatic N) is 6. The van der Waals surface area contributed by atoms with Gasteiger partial charge in [0.05, 0.1) is 54.9 Å². The maximum Gasteiger partial charge on any atom is 0.347 e. The number of methoxy groups -OCH3 is 2. The number of aromatic nitrogens is 5. The van der Waals surface area contributed by atoms with Crippen molar-refractivity contribution < 1.29 is 24.2 Å². The number of anilines is 1. The van der Waals surface area contributed by atoms with Gasteiger partial charge in [0.1, 0.15) is 11.4 Å². The van der Waals surface area contributed by atoms with E-state index in [9.17, 15) is 19.5 Å². The van der Waals surface area contributed by atoms with Crippen molar-refractivity contribution in [2.24, 2.45) is 13.0 Å². The summed E-state index contributed by atoms with van der Waals surface area (Å²) in [6.07, 6.45) is 1.87. The van der Waals surface area contributed by atoms with E-state index in [-0.39, 0.29) is 37.4 Å². The molecular weight excluding hydrogens is 812 g/mol. The van der Waals surface area contributed by atoms with Gasteiger partial charge in [0.2, 0.25) is 11.8 Å². The van der Waals surface area contributed by atoms with Crippen LogP contribution in [0.4, 0.5) is 5.69 Å². The molecule has 4 atom stereocenters. The maximum absolute atomic E-state index is 15.6. The Hall–Kier alpha value is -7.19. The Morgan fingerprint density at radius 3 is 2.31 bits per heavy atom. The fourth-order valence-electron chi connectivity index (χ4n) is 10.2. The zero-order valence-corrected chi connectivity index (χ0v) is 34.6. The van der Waals surface area contributed by atoms with Crippen molar-refractivity contribution >= 4 is 50.9 Å². The third-order valence-corrected chi connectivity index (χ3v) is 13.2. The highest BCUT2D eigenvalue weighted by Gasteiger charge is 2.68. The van der Waals surface area contributed by atoms with Gasteiger partial charge in [0.15, 0.2) is 11.5 Å². The van der Waals surface area contributed by atoms with E-state index in [0.717, 1.165) is 4.57 Å². The van der Waals surface area contributed by atoms with Gasteiger partial charge in [-0.05, 0) is 52.8 Å². The van der Waals surface area contributed by atoms with E-state index in [1.54, 1.807) is 61.6 Å². The minimum absolute atomic E-state index is 0.00722. The molecule has 15 heteroatoms. The summed E-state index contributed by atoms with van der Waals surface area (Å²) in [5.74, 6) is -1.88. The number of fused-ring (bicyclic) bond motifs is 6. The Balaban J connectivity index is 1.14. The Morgan fingerprint density at radius 1 is 0.839 bits per heavy atom. The molecule has 4 unspecified atom stereocenters. The number of halogens is 1. The normalized spacial score (nSPS) is 20.5. The van der Waals surface area contributed by atoms with Crippen molar-refractivity contribution in [1.29, 1.82) is 0 Å². The fraction of sp³-hybridized carbons (Fsp3) is 0.234. The molecule has 312 valence electrons. The Morgan fingerprint density at radius 2 is 1.56 bits per heavy atom. The summed E-state index contributed by atoms with van der Waals surface area (Å²) in [6, 6.07) is 29.0. The van der Waals surface area contributed by atoms with Crippen molar-refractivity contribution in [2.75, 3.05) is 19.1 Å². The van der Waals surface area contributed by atoms with Crippen LogP contribution in [0, 0.1) is 5.92 Å². The van der Waals surface area contributed by atoms with Gasteiger partial charge in [-0.25, -0.2) is 33.4 Å². The summed E-state index contributed by atoms with van der Waals surface area (Å²) >= 11 is 6.46. The SMILES string of the molecule is COc1cc2nc(CCn3c(=O)n4n(c3=O)C3CC5C(=O)N(c6cccc(Cl)c6)C(=O)C5(c5ccccc5)C(c5ccc(O)c6ccccc56)C3=CC4)c(=O)n(C)c2cc1OC. The van der Waals surface area contributed by atoms with Crippen LogP contribution in [0.2, 0.25) is 5.02 Å². The van der Waals surface area contributed by atoms with Crippen molar-refractivity contribution in [2.45, 2.75) is 43.3 Å². The highest BCUT2D eigenvalue weighted by atomic mass is 35.5. The van der Waals surface area contributed by atoms with Gasteiger partial charge in [-0.15, -0.1) is 0 Å². The molecule has 1 N–H and O–H groups in total. The minimum Gasteiger partial charge on any atom is -0.507 e. The summed E-state index contributed by atoms with van der Waals surface area (Å²) in [6.45, 7) is -0.163. The van der Waals surface area contributed by atoms with Gasteiger partial charge in [-0.2, -0.15) is 0 Å². The first-order valence-corrected chi connectivity index (χ1v) is 20.5. The number of hydrogen-bond donors (Lipinski definition) is 1. The van der Waals surface area contributed by atoms with Crippen LogP contribution in [0.5, 0.6) is 17.2 Å². The van der Waals surface area contributed by atoms with E-state index < -0.39 is 52.0 Å². The number of phenols is 1. The number of imide groups is 1. The van der Waals surface area contributed by atoms with Crippen LogP contribution in [0.3, 0.4) is 0 Å². The quantitative estimate of drug-likeness (QED) is 0.151. The second kappa shape index (κ2) is 14.5. The zero-order valence-electron chi connectivity index (χ0n) is 33.8. The van der Waals surface area contributed by atoms with Gasteiger partial charge < -0.3 is 19.1 Å². The third kappa shape index (κ3) is 5.48. The van der Waals surface area contributed by atoms with Crippen molar-refractivity contribution in [3.63, 3.8) is 0 Å². The lowest BCUT2D eigenvalue weighted by Crippen LogP contribution is -2.53. The summed E-state index contributed by atoms with van der Waals surface area (Å²) < 4.78 is 16.2. The molecule has 1 saturated heterocycles. The highest BCUT2D eigenvalue weighted by molar-refractivity contribution is 6.32. The number of benzene rings is 5. The first-order valence-electron chi connectivity index (χ1n) is 20.1. The monoisotopic (exact) mass is 850 g/mol. The number of phenolic OH excluding ortho intramolecular Hbond substituents is 1. The van der Waals surface area contributed by atoms with Gasteiger partial charge in [-0.3, -0.25) is 14.4 Å². The van der Waals surface area contributed by atoms with Crippen LogP contribution in [-0.4, -0.2) is 54.6 Å². The lowest BCUT2D eigenvalue weighted by atomic mass is 9.53. The van der Waals surface area contributed by atoms with E-state index in [4.69, 9.17) is 21.1 Å². The molecule has 2 aromatic heterocycles. The van der Waals surface area contributed by atoms with Crippen LogP contribution in [0.1, 0.15) is 35.2 Å². The molecule has 4 heterocycles. The second-order valence-electron chi connectivity index (χ2n) is 15.9. The number of carbonyl (C=O) groups excluding carboxylic acids is 2. The number of rotatable bonds is 8. The number of aromatic hydroxyl groups is 1. The number of hydrogen-bond acceptors (Lipinski definition) is 9. The smallest absolute Gasteiger partial charge is 0.347 e. The number of amides is 2. The topological polar surface area (TPSA) is 160 Å². The van der Waals surface area contributed by atoms with Gasteiger partial charge in [-0.1, -0.05) is 84.4 Å². The molecule has 1 saturated carbocycles. The van der Waals surface area contributed by atoms with E-state index >= 15 is 9.59 Å². The zero-order chi connectivity index (χ0) is 43.2. The number of allylic oxidation sites excluding steroid dienone is 2. The van der Waals surface area contributed by atoms with Gasteiger partial charge >= 0.3 is 11.4 Å². The molecule has 2 aliphatic heterocycles. The molecule has 5 aromatic carbocycles. The maximum atomic E-state index is 15.6. The molecular formula is C47H39ClN6O8. The van der Waals surface area contributed by atoms with Gasteiger partial charge in [0.25, 0.3) is 5.56 Å². The minimum atomic E-state index is -1.52. The van der Waals surface area contributed by atoms with Crippen LogP contribution in [-0.2, 0) is 41.6 Å². The Bertz CT molecular complexity index is 3260. The standard InChI is InChI=1S/C47H39ClN6O8/c1-50-37-25-40(62-3)39(61-2)24-35(37)49-34(43(50)57)19-20-51-45(59)52-21-18-32-36(54(52)46(51)60)23-33-42(56)53(28-13-9-12-27(48)22-28)44(58)47(33,26-10-5-4-6-11-26)41(32)31-16-17-38(55)30-15-8-7-14-29(30)31/h4-18,22,24-25,33,36,41,55H,19-21,23H2,1-3H3. The summed E-state index contributed by atoms with van der Waals surface area (Å²) in [5, 5.41) is 12.7. The van der Waals surface area contributed by atoms with Crippen LogP contribution < -0.4 is 31.3 Å². The van der Waals surface area contributed by atoms with Crippen molar-refractivity contribution in [3.05, 3.63) is 168 Å². The van der Waals surface area contributed by atoms with Crippen LogP contribution in [0.25, 0.3) is 21.8 Å². The molecule has 14 nitrogen and oxygen atoms in total. The molecule has 0 bridgehead atoms. The van der Waals surface area contributed by atoms with Crippen LogP contribution >= 0.6 is 11.6 Å². The number of carbonyl (C=O) groups is 2. The average Bonchev–Trinajstić information content (AvgIpc) is 3.67. The van der Waals surface area contributed by atoms with Crippen molar-refractivity contribution in [3.8, 4) is 17.2 Å². The molecule has 0 spiro atoms. The number of ether oxygens (including phenoxy) is 2. The summed E-state index contributed by atoms with van der Waals surface area (Å²) in [4.78, 5) is 79.3. The molecule has 0 radical (unpaired) electrons. The predicted molar refractivity (Wildman–Crippen MR) is 232 cm³/mol. The van der Waals surface area contributed by atoms with E-state index in [2.05, 4.69) is 4.98 Å².